The van der Waals surface area contributed by atoms with Gasteiger partial charge in [-0.15, -0.1) is 0 Å². The van der Waals surface area contributed by atoms with E-state index < -0.39 is 0 Å². The molecule has 22 heavy (non-hydrogen) atoms. The first-order valence-electron chi connectivity index (χ1n) is 7.60. The van der Waals surface area contributed by atoms with Crippen LogP contribution in [0.4, 0.5) is 0 Å². The van der Waals surface area contributed by atoms with E-state index in [1.165, 1.54) is 0 Å². The first kappa shape index (κ1) is 16.5. The fourth-order valence-corrected chi connectivity index (χ4v) is 2.59. The third kappa shape index (κ3) is 3.30. The maximum atomic E-state index is 12.2. The minimum atomic E-state index is -0.215. The molecule has 2 heterocycles. The number of fused-ring (bicyclic) bond motifs is 1. The maximum absolute atomic E-state index is 12.2. The Morgan fingerprint density at radius 2 is 2.18 bits per heavy atom. The Kier molecular flexibility index (Phi) is 5.18. The highest BCUT2D eigenvalue weighted by Gasteiger charge is 2.31. The molecule has 1 atom stereocenters. The molecule has 0 saturated heterocycles. The third-order valence-electron chi connectivity index (χ3n) is 3.83. The van der Waals surface area contributed by atoms with Crippen LogP contribution in [0.5, 0.6) is 0 Å². The van der Waals surface area contributed by atoms with Gasteiger partial charge in [0.25, 0.3) is 5.91 Å². The highest BCUT2D eigenvalue weighted by molar-refractivity contribution is 5.92. The van der Waals surface area contributed by atoms with E-state index in [2.05, 4.69) is 10.3 Å². The molecule has 7 heteroatoms. The van der Waals surface area contributed by atoms with E-state index in [0.717, 1.165) is 5.82 Å². The number of aromatic nitrogens is 2. The maximum Gasteiger partial charge on any atom is 0.271 e. The molecule has 1 aliphatic rings. The zero-order chi connectivity index (χ0) is 16.3. The lowest BCUT2D eigenvalue weighted by Crippen LogP contribution is -2.42. The number of hydrogen-bond acceptors (Lipinski definition) is 4. The van der Waals surface area contributed by atoms with Crippen molar-refractivity contribution < 1.29 is 14.3 Å². The molecule has 1 aliphatic heterocycles. The number of nitrogens with zero attached hydrogens (tertiary/aromatic N) is 3. The summed E-state index contributed by atoms with van der Waals surface area (Å²) in [5.41, 5.74) is 0.386. The molecule has 0 saturated carbocycles. The second-order valence-electron chi connectivity index (χ2n) is 5.79. The van der Waals surface area contributed by atoms with Gasteiger partial charge in [0.1, 0.15) is 11.5 Å². The third-order valence-corrected chi connectivity index (χ3v) is 3.83. The minimum Gasteiger partial charge on any atom is -0.383 e. The Morgan fingerprint density at radius 3 is 2.82 bits per heavy atom. The van der Waals surface area contributed by atoms with Crippen LogP contribution >= 0.6 is 0 Å². The molecule has 1 aromatic heterocycles. The molecule has 0 radical (unpaired) electrons. The summed E-state index contributed by atoms with van der Waals surface area (Å²) in [5, 5.41) is 2.76. The molecule has 122 valence electrons. The summed E-state index contributed by atoms with van der Waals surface area (Å²) in [5.74, 6) is 0.624. The van der Waals surface area contributed by atoms with Crippen molar-refractivity contribution in [3.05, 3.63) is 17.7 Å². The Morgan fingerprint density at radius 1 is 1.45 bits per heavy atom. The van der Waals surface area contributed by atoms with Crippen LogP contribution in [0.25, 0.3) is 0 Å². The van der Waals surface area contributed by atoms with E-state index in [-0.39, 0.29) is 23.8 Å². The number of imidazole rings is 1. The van der Waals surface area contributed by atoms with Gasteiger partial charge >= 0.3 is 0 Å². The average molecular weight is 308 g/mol. The van der Waals surface area contributed by atoms with E-state index in [9.17, 15) is 9.59 Å². The van der Waals surface area contributed by atoms with Crippen LogP contribution in [0.15, 0.2) is 6.20 Å². The van der Waals surface area contributed by atoms with Crippen molar-refractivity contribution in [3.63, 3.8) is 0 Å². The van der Waals surface area contributed by atoms with Crippen LogP contribution in [-0.2, 0) is 16.1 Å². The summed E-state index contributed by atoms with van der Waals surface area (Å²) in [6.07, 6.45) is 1.76. The summed E-state index contributed by atoms with van der Waals surface area (Å²) in [7, 11) is 1.59. The van der Waals surface area contributed by atoms with Gasteiger partial charge in [0, 0.05) is 38.9 Å². The number of hydrogen-bond donors (Lipinski definition) is 1. The second kappa shape index (κ2) is 6.91. The van der Waals surface area contributed by atoms with Crippen LogP contribution in [0.3, 0.4) is 0 Å². The van der Waals surface area contributed by atoms with Gasteiger partial charge < -0.3 is 19.5 Å². The van der Waals surface area contributed by atoms with Crippen LogP contribution in [0.1, 0.15) is 43.1 Å². The normalized spacial score (nSPS) is 17.5. The van der Waals surface area contributed by atoms with Crippen molar-refractivity contribution in [2.75, 3.05) is 26.8 Å². The number of nitrogens with one attached hydrogen (secondary N) is 1. The quantitative estimate of drug-likeness (QED) is 0.817. The highest BCUT2D eigenvalue weighted by Crippen LogP contribution is 2.26. The molecule has 0 bridgehead atoms. The summed E-state index contributed by atoms with van der Waals surface area (Å²) in [4.78, 5) is 30.5. The van der Waals surface area contributed by atoms with Crippen molar-refractivity contribution in [1.29, 1.82) is 0 Å². The molecular formula is C15H24N4O3. The standard InChI is InChI=1S/C15H24N4O3/c1-10(2)15(21)19-7-6-18-9-12(17-13(18)11(19)3)14(20)16-5-8-22-4/h9-11H,5-8H2,1-4H3,(H,16,20)/t11-/m1/s1. The topological polar surface area (TPSA) is 76.5 Å². The van der Waals surface area contributed by atoms with Crippen LogP contribution in [-0.4, -0.2) is 53.1 Å². The van der Waals surface area contributed by atoms with Crippen molar-refractivity contribution in [1.82, 2.24) is 19.8 Å². The van der Waals surface area contributed by atoms with Gasteiger partial charge in [-0.1, -0.05) is 13.8 Å². The smallest absolute Gasteiger partial charge is 0.271 e. The first-order chi connectivity index (χ1) is 10.5. The summed E-state index contributed by atoms with van der Waals surface area (Å²) >= 11 is 0. The molecule has 0 spiro atoms. The van der Waals surface area contributed by atoms with Crippen molar-refractivity contribution in [2.45, 2.75) is 33.4 Å². The number of methoxy groups -OCH3 is 1. The summed E-state index contributed by atoms with van der Waals surface area (Å²) in [6, 6.07) is -0.121. The van der Waals surface area contributed by atoms with E-state index in [0.29, 0.717) is 31.9 Å². The van der Waals surface area contributed by atoms with E-state index in [1.54, 1.807) is 13.3 Å². The van der Waals surface area contributed by atoms with Gasteiger partial charge in [0.15, 0.2) is 0 Å². The van der Waals surface area contributed by atoms with Gasteiger partial charge in [-0.25, -0.2) is 4.98 Å². The number of ether oxygens (including phenoxy) is 1. The second-order valence-corrected chi connectivity index (χ2v) is 5.79. The highest BCUT2D eigenvalue weighted by atomic mass is 16.5. The van der Waals surface area contributed by atoms with Crippen LogP contribution < -0.4 is 5.32 Å². The van der Waals surface area contributed by atoms with Gasteiger partial charge in [0.2, 0.25) is 5.91 Å². The molecule has 2 amide bonds. The molecule has 0 aliphatic carbocycles. The SMILES string of the molecule is COCCNC(=O)c1cn2c(n1)[C@@H](C)N(C(=O)C(C)C)CC2. The molecule has 1 N–H and O–H groups in total. The number of carbonyl (C=O) groups excluding carboxylic acids is 2. The van der Waals surface area contributed by atoms with Gasteiger partial charge in [-0.05, 0) is 6.92 Å². The van der Waals surface area contributed by atoms with Crippen molar-refractivity contribution >= 4 is 11.8 Å². The predicted molar refractivity (Wildman–Crippen MR) is 81.4 cm³/mol. The van der Waals surface area contributed by atoms with E-state index in [4.69, 9.17) is 4.74 Å². The lowest BCUT2D eigenvalue weighted by molar-refractivity contribution is -0.137. The summed E-state index contributed by atoms with van der Waals surface area (Å²) < 4.78 is 6.86. The molecule has 2 rings (SSSR count). The van der Waals surface area contributed by atoms with Crippen LogP contribution in [0, 0.1) is 5.92 Å². The van der Waals surface area contributed by atoms with Crippen molar-refractivity contribution in [3.8, 4) is 0 Å². The molecule has 0 unspecified atom stereocenters. The van der Waals surface area contributed by atoms with E-state index >= 15 is 0 Å². The van der Waals surface area contributed by atoms with Crippen molar-refractivity contribution in [2.24, 2.45) is 5.92 Å². The van der Waals surface area contributed by atoms with E-state index in [1.807, 2.05) is 30.2 Å². The Hall–Kier alpha value is -1.89. The number of carbonyl (C=O) groups is 2. The zero-order valence-electron chi connectivity index (χ0n) is 13.6. The molecule has 0 fully saturated rings. The fraction of sp³-hybridized carbons (Fsp3) is 0.667. The minimum absolute atomic E-state index is 0.0409. The number of amides is 2. The Bertz CT molecular complexity index is 553. The van der Waals surface area contributed by atoms with Gasteiger partial charge in [-0.2, -0.15) is 0 Å². The Labute approximate surface area is 130 Å². The predicted octanol–water partition coefficient (Wildman–Crippen LogP) is 0.818. The lowest BCUT2D eigenvalue weighted by Gasteiger charge is -2.34. The van der Waals surface area contributed by atoms with Gasteiger partial charge in [-0.3, -0.25) is 9.59 Å². The monoisotopic (exact) mass is 308 g/mol. The summed E-state index contributed by atoms with van der Waals surface area (Å²) in [6.45, 7) is 7.96. The zero-order valence-corrected chi connectivity index (χ0v) is 13.6. The number of rotatable bonds is 5. The Balaban J connectivity index is 2.12. The lowest BCUT2D eigenvalue weighted by atomic mass is 10.1. The fourth-order valence-electron chi connectivity index (χ4n) is 2.59. The average Bonchev–Trinajstić information content (AvgIpc) is 2.92. The largest absolute Gasteiger partial charge is 0.383 e. The molecular weight excluding hydrogens is 284 g/mol. The molecule has 7 nitrogen and oxygen atoms in total. The molecule has 0 aromatic carbocycles. The van der Waals surface area contributed by atoms with Crippen LogP contribution in [0.2, 0.25) is 0 Å². The first-order valence-corrected chi connectivity index (χ1v) is 7.60. The molecule has 1 aromatic rings. The van der Waals surface area contributed by atoms with Gasteiger partial charge in [0.05, 0.1) is 12.6 Å².